The molecule has 14 heteroatoms. The standard InChI is InChI=1S/C16H22N6S.C14H18N6S/c1-16(2,3)13-10-23-14(22-13)11(9-18)12-5-8-20-15(21-12)19-7-4-6-17;1-2-10-9-21-13(19-10)11(8-16)12-4-7-18-14(20-12)17-6-3-5-15/h5,8,10,22H,4,6-7,17H2,1-3H3,(H,19,20,21);4,7,9,19H,2-3,5-6,15H2,1H3,(H,17,18,20). The second-order valence-corrected chi connectivity index (χ2v) is 12.3. The van der Waals surface area contributed by atoms with Crippen molar-refractivity contribution in [1.29, 1.82) is 10.5 Å². The molecule has 8 N–H and O–H groups in total. The van der Waals surface area contributed by atoms with E-state index in [4.69, 9.17) is 11.5 Å². The first-order valence-corrected chi connectivity index (χ1v) is 16.1. The van der Waals surface area contributed by atoms with Gasteiger partial charge in [-0.05, 0) is 55.3 Å². The number of hydrogen-bond donors (Lipinski definition) is 6. The third-order valence-corrected chi connectivity index (χ3v) is 7.99. The van der Waals surface area contributed by atoms with Crippen LogP contribution in [0.5, 0.6) is 0 Å². The molecule has 0 saturated heterocycles. The number of nitrogens with zero attached hydrogens (tertiary/aromatic N) is 6. The van der Waals surface area contributed by atoms with Gasteiger partial charge < -0.3 is 32.7 Å². The molecule has 4 rings (SSSR count). The Morgan fingerprint density at radius 1 is 0.841 bits per heavy atom. The average Bonchev–Trinajstić information content (AvgIpc) is 3.70. The number of hydrogen-bond acceptors (Lipinski definition) is 14. The molecule has 4 heterocycles. The minimum atomic E-state index is 0.00985. The quantitative estimate of drug-likeness (QED) is 0.147. The van der Waals surface area contributed by atoms with Crippen molar-refractivity contribution in [1.82, 2.24) is 30.6 Å². The number of allylic oxidation sites excluding steroid dienone is 4. The van der Waals surface area contributed by atoms with E-state index in [0.29, 0.717) is 60.6 Å². The summed E-state index contributed by atoms with van der Waals surface area (Å²) in [6, 6.07) is 7.96. The van der Waals surface area contributed by atoms with Crippen LogP contribution in [0.2, 0.25) is 0 Å². The average molecular weight is 633 g/mol. The number of nitrogens with two attached hydrogens (primary N) is 2. The van der Waals surface area contributed by atoms with Crippen LogP contribution < -0.4 is 32.7 Å². The van der Waals surface area contributed by atoms with E-state index in [9.17, 15) is 10.5 Å². The first-order valence-electron chi connectivity index (χ1n) is 14.3. The molecular formula is C30H40N12S2. The van der Waals surface area contributed by atoms with Crippen LogP contribution in [-0.4, -0.2) is 46.1 Å². The highest BCUT2D eigenvalue weighted by Gasteiger charge is 2.25. The van der Waals surface area contributed by atoms with Gasteiger partial charge in [-0.25, -0.2) is 19.9 Å². The van der Waals surface area contributed by atoms with Gasteiger partial charge in [-0.15, -0.1) is 0 Å². The van der Waals surface area contributed by atoms with Crippen LogP contribution in [-0.2, 0) is 0 Å². The summed E-state index contributed by atoms with van der Waals surface area (Å²) < 4.78 is 0. The summed E-state index contributed by atoms with van der Waals surface area (Å²) in [5.74, 6) is 1.03. The summed E-state index contributed by atoms with van der Waals surface area (Å²) in [6.45, 7) is 11.1. The normalized spacial score (nSPS) is 16.2. The molecule has 0 aliphatic carbocycles. The highest BCUT2D eigenvalue weighted by molar-refractivity contribution is 8.06. The van der Waals surface area contributed by atoms with Gasteiger partial charge in [-0.1, -0.05) is 51.2 Å². The lowest BCUT2D eigenvalue weighted by atomic mass is 9.93. The Bertz CT molecular complexity index is 1490. The van der Waals surface area contributed by atoms with Gasteiger partial charge in [-0.3, -0.25) is 0 Å². The van der Waals surface area contributed by atoms with Gasteiger partial charge in [-0.2, -0.15) is 10.5 Å². The second kappa shape index (κ2) is 17.3. The SMILES string of the molecule is CC(C)(C)C1=CSC(=C(C#N)c2ccnc(NCCCN)n2)N1.CCC1=CSC(=C(C#N)c2ccnc(NCCCN)n2)N1. The smallest absolute Gasteiger partial charge is 0.223 e. The van der Waals surface area contributed by atoms with Gasteiger partial charge in [0, 0.05) is 42.3 Å². The molecular weight excluding hydrogens is 593 g/mol. The molecule has 44 heavy (non-hydrogen) atoms. The monoisotopic (exact) mass is 632 g/mol. The van der Waals surface area contributed by atoms with E-state index in [0.717, 1.165) is 40.7 Å². The lowest BCUT2D eigenvalue weighted by Gasteiger charge is -2.20. The first-order chi connectivity index (χ1) is 21.2. The molecule has 0 radical (unpaired) electrons. The van der Waals surface area contributed by atoms with Crippen molar-refractivity contribution in [3.8, 4) is 12.1 Å². The number of nitriles is 2. The fourth-order valence-electron chi connectivity index (χ4n) is 3.63. The fourth-order valence-corrected chi connectivity index (χ4v) is 5.66. The molecule has 2 aliphatic rings. The summed E-state index contributed by atoms with van der Waals surface area (Å²) >= 11 is 3.04. The zero-order valence-electron chi connectivity index (χ0n) is 25.6. The van der Waals surface area contributed by atoms with E-state index in [1.807, 2.05) is 10.8 Å². The van der Waals surface area contributed by atoms with Crippen molar-refractivity contribution in [3.05, 3.63) is 68.2 Å². The largest absolute Gasteiger partial charge is 0.354 e. The summed E-state index contributed by atoms with van der Waals surface area (Å²) in [4.78, 5) is 17.1. The van der Waals surface area contributed by atoms with Crippen molar-refractivity contribution >= 4 is 46.6 Å². The Hall–Kier alpha value is -4.08. The third-order valence-electron chi connectivity index (χ3n) is 6.15. The van der Waals surface area contributed by atoms with Crippen LogP contribution >= 0.6 is 23.5 Å². The van der Waals surface area contributed by atoms with Crippen LogP contribution in [0.25, 0.3) is 11.1 Å². The second-order valence-electron chi connectivity index (χ2n) is 10.6. The fraction of sp³-hybridized carbons (Fsp3) is 0.400. The Labute approximate surface area is 268 Å². The molecule has 12 nitrogen and oxygen atoms in total. The maximum Gasteiger partial charge on any atom is 0.223 e. The van der Waals surface area contributed by atoms with Crippen LogP contribution in [0.1, 0.15) is 58.3 Å². The zero-order chi connectivity index (χ0) is 32.0. The summed E-state index contributed by atoms with van der Waals surface area (Å²) in [7, 11) is 0. The lowest BCUT2D eigenvalue weighted by Crippen LogP contribution is -2.20. The van der Waals surface area contributed by atoms with Gasteiger partial charge in [0.2, 0.25) is 11.9 Å². The number of aromatic nitrogens is 4. The van der Waals surface area contributed by atoms with E-state index in [2.05, 4.69) is 81.0 Å². The van der Waals surface area contributed by atoms with Crippen LogP contribution in [0.4, 0.5) is 11.9 Å². The van der Waals surface area contributed by atoms with E-state index in [-0.39, 0.29) is 5.41 Å². The molecule has 2 aromatic heterocycles. The zero-order valence-corrected chi connectivity index (χ0v) is 27.2. The first kappa shape index (κ1) is 34.4. The van der Waals surface area contributed by atoms with Crippen molar-refractivity contribution in [2.75, 3.05) is 36.8 Å². The maximum absolute atomic E-state index is 9.55. The van der Waals surface area contributed by atoms with Crippen LogP contribution in [0.3, 0.4) is 0 Å². The van der Waals surface area contributed by atoms with Crippen molar-refractivity contribution in [2.45, 2.75) is 47.0 Å². The summed E-state index contributed by atoms with van der Waals surface area (Å²) in [5.41, 5.74) is 15.4. The maximum atomic E-state index is 9.55. The van der Waals surface area contributed by atoms with Gasteiger partial charge in [0.25, 0.3) is 0 Å². The van der Waals surface area contributed by atoms with Gasteiger partial charge in [0.05, 0.1) is 21.4 Å². The number of thioether (sulfide) groups is 2. The van der Waals surface area contributed by atoms with Crippen molar-refractivity contribution in [2.24, 2.45) is 16.9 Å². The van der Waals surface area contributed by atoms with E-state index in [1.165, 1.54) is 23.5 Å². The minimum Gasteiger partial charge on any atom is -0.354 e. The van der Waals surface area contributed by atoms with E-state index >= 15 is 0 Å². The molecule has 2 aliphatic heterocycles. The molecule has 0 unspecified atom stereocenters. The van der Waals surface area contributed by atoms with Crippen LogP contribution in [0, 0.1) is 28.1 Å². The van der Waals surface area contributed by atoms with Gasteiger partial charge in [0.1, 0.15) is 23.3 Å². The van der Waals surface area contributed by atoms with E-state index < -0.39 is 0 Å². The third kappa shape index (κ3) is 9.99. The highest BCUT2D eigenvalue weighted by Crippen LogP contribution is 2.37. The lowest BCUT2D eigenvalue weighted by molar-refractivity contribution is 0.481. The van der Waals surface area contributed by atoms with Gasteiger partial charge in [0.15, 0.2) is 0 Å². The Balaban J connectivity index is 0.000000241. The molecule has 0 atom stereocenters. The number of nitrogens with one attached hydrogen (secondary N) is 4. The number of rotatable bonds is 11. The Morgan fingerprint density at radius 3 is 1.75 bits per heavy atom. The molecule has 0 aromatic carbocycles. The Morgan fingerprint density at radius 2 is 1.34 bits per heavy atom. The predicted octanol–water partition coefficient (Wildman–Crippen LogP) is 4.67. The molecule has 0 saturated carbocycles. The topological polar surface area (TPSA) is 199 Å². The summed E-state index contributed by atoms with van der Waals surface area (Å²) in [5, 5.41) is 37.5. The molecule has 0 spiro atoms. The van der Waals surface area contributed by atoms with Crippen molar-refractivity contribution in [3.63, 3.8) is 0 Å². The highest BCUT2D eigenvalue weighted by atomic mass is 32.2. The minimum absolute atomic E-state index is 0.00985. The van der Waals surface area contributed by atoms with E-state index in [1.54, 1.807) is 24.5 Å². The van der Waals surface area contributed by atoms with Crippen LogP contribution in [0.15, 0.2) is 56.8 Å². The number of anilines is 2. The predicted molar refractivity (Wildman–Crippen MR) is 181 cm³/mol. The molecule has 0 bridgehead atoms. The van der Waals surface area contributed by atoms with Gasteiger partial charge >= 0.3 is 0 Å². The molecule has 0 fully saturated rings. The molecule has 0 amide bonds. The van der Waals surface area contributed by atoms with Crippen molar-refractivity contribution < 1.29 is 0 Å². The molecule has 232 valence electrons. The summed E-state index contributed by atoms with van der Waals surface area (Å²) in [6.07, 6.45) is 5.91. The molecule has 2 aromatic rings. The Kier molecular flexibility index (Phi) is 13.5.